The smallest absolute Gasteiger partial charge is 0.363 e. The summed E-state index contributed by atoms with van der Waals surface area (Å²) in [5, 5.41) is 0.177. The van der Waals surface area contributed by atoms with Gasteiger partial charge in [0.15, 0.2) is 17.2 Å². The molecule has 3 rings (SSSR count). The Morgan fingerprint density at radius 2 is 1.90 bits per heavy atom. The van der Waals surface area contributed by atoms with Gasteiger partial charge in [-0.25, -0.2) is 9.79 Å². The monoisotopic (exact) mass is 429 g/mol. The van der Waals surface area contributed by atoms with Crippen molar-refractivity contribution in [2.24, 2.45) is 4.99 Å². The van der Waals surface area contributed by atoms with Crippen LogP contribution in [0.5, 0.6) is 17.2 Å². The third-order valence-electron chi connectivity index (χ3n) is 4.18. The molecule has 7 nitrogen and oxygen atoms in total. The minimum atomic E-state index is -0.589. The van der Waals surface area contributed by atoms with Crippen molar-refractivity contribution in [2.45, 2.75) is 19.8 Å². The lowest BCUT2D eigenvalue weighted by atomic mass is 10.1. The summed E-state index contributed by atoms with van der Waals surface area (Å²) >= 11 is 6.28. The van der Waals surface area contributed by atoms with E-state index in [0.717, 1.165) is 0 Å². The van der Waals surface area contributed by atoms with Crippen molar-refractivity contribution in [3.63, 3.8) is 0 Å². The molecule has 0 saturated heterocycles. The highest BCUT2D eigenvalue weighted by molar-refractivity contribution is 6.32. The van der Waals surface area contributed by atoms with Crippen LogP contribution in [0.15, 0.2) is 47.1 Å². The molecule has 156 valence electrons. The Labute approximate surface area is 178 Å². The van der Waals surface area contributed by atoms with Gasteiger partial charge in [0.25, 0.3) is 0 Å². The molecule has 30 heavy (non-hydrogen) atoms. The molecule has 1 aliphatic rings. The van der Waals surface area contributed by atoms with E-state index in [-0.39, 0.29) is 34.5 Å². The van der Waals surface area contributed by atoms with Gasteiger partial charge in [0.1, 0.15) is 5.75 Å². The maximum absolute atomic E-state index is 12.2. The van der Waals surface area contributed by atoms with Crippen LogP contribution in [-0.2, 0) is 14.3 Å². The molecule has 0 spiro atoms. The topological polar surface area (TPSA) is 83.4 Å². The maximum atomic E-state index is 12.2. The molecular formula is C22H20ClNO6. The van der Waals surface area contributed by atoms with Crippen molar-refractivity contribution in [1.82, 2.24) is 0 Å². The van der Waals surface area contributed by atoms with E-state index in [1.807, 2.05) is 6.92 Å². The molecule has 0 radical (unpaired) electrons. The van der Waals surface area contributed by atoms with Gasteiger partial charge >= 0.3 is 11.9 Å². The second kappa shape index (κ2) is 9.45. The zero-order valence-electron chi connectivity index (χ0n) is 16.7. The van der Waals surface area contributed by atoms with Gasteiger partial charge in [-0.05, 0) is 54.5 Å². The summed E-state index contributed by atoms with van der Waals surface area (Å²) in [6, 6.07) is 10.1. The van der Waals surface area contributed by atoms with E-state index in [9.17, 15) is 9.59 Å². The van der Waals surface area contributed by atoms with Crippen molar-refractivity contribution in [2.75, 3.05) is 14.2 Å². The summed E-state index contributed by atoms with van der Waals surface area (Å²) in [4.78, 5) is 28.3. The average molecular weight is 430 g/mol. The van der Waals surface area contributed by atoms with E-state index in [1.54, 1.807) is 43.5 Å². The minimum absolute atomic E-state index is 0.106. The maximum Gasteiger partial charge on any atom is 0.363 e. The van der Waals surface area contributed by atoms with Crippen LogP contribution in [0.2, 0.25) is 5.02 Å². The number of nitrogens with zero attached hydrogens (tertiary/aromatic N) is 1. The van der Waals surface area contributed by atoms with Gasteiger partial charge in [-0.2, -0.15) is 0 Å². The lowest BCUT2D eigenvalue weighted by molar-refractivity contribution is -0.134. The number of halogens is 1. The molecule has 1 heterocycles. The van der Waals surface area contributed by atoms with Crippen LogP contribution in [0.3, 0.4) is 0 Å². The number of esters is 2. The van der Waals surface area contributed by atoms with E-state index in [4.69, 9.17) is 30.5 Å². The fourth-order valence-corrected chi connectivity index (χ4v) is 2.97. The predicted octanol–water partition coefficient (Wildman–Crippen LogP) is 4.41. The Balaban J connectivity index is 1.89. The van der Waals surface area contributed by atoms with Crippen LogP contribution >= 0.6 is 11.6 Å². The highest BCUT2D eigenvalue weighted by Crippen LogP contribution is 2.37. The molecule has 0 N–H and O–H groups in total. The number of hydrogen-bond donors (Lipinski definition) is 0. The quantitative estimate of drug-likeness (QED) is 0.368. The Morgan fingerprint density at radius 3 is 2.53 bits per heavy atom. The van der Waals surface area contributed by atoms with E-state index < -0.39 is 11.9 Å². The summed E-state index contributed by atoms with van der Waals surface area (Å²) in [6.45, 7) is 1.87. The fraction of sp³-hybridized carbons (Fsp3) is 0.227. The number of cyclic esters (lactones) is 1. The van der Waals surface area contributed by atoms with Crippen LogP contribution < -0.4 is 14.2 Å². The Morgan fingerprint density at radius 1 is 1.17 bits per heavy atom. The van der Waals surface area contributed by atoms with Crippen molar-refractivity contribution >= 4 is 35.5 Å². The van der Waals surface area contributed by atoms with Crippen molar-refractivity contribution in [3.05, 3.63) is 58.2 Å². The van der Waals surface area contributed by atoms with Crippen LogP contribution in [0.25, 0.3) is 6.08 Å². The SMILES string of the molecule is CCCC(=O)Oc1c(Cl)cc(/C=C2/N=C(c3ccc(OC)cc3)OC2=O)cc1OC. The van der Waals surface area contributed by atoms with Gasteiger partial charge in [-0.3, -0.25) is 4.79 Å². The first kappa shape index (κ1) is 21.4. The first-order valence-electron chi connectivity index (χ1n) is 9.20. The molecule has 0 unspecified atom stereocenters. The van der Waals surface area contributed by atoms with Crippen LogP contribution in [0.4, 0.5) is 0 Å². The zero-order valence-corrected chi connectivity index (χ0v) is 17.5. The number of benzene rings is 2. The number of methoxy groups -OCH3 is 2. The van der Waals surface area contributed by atoms with Gasteiger partial charge in [0, 0.05) is 12.0 Å². The number of ether oxygens (including phenoxy) is 4. The lowest BCUT2D eigenvalue weighted by Crippen LogP contribution is -2.08. The van der Waals surface area contributed by atoms with Crippen LogP contribution in [0, 0.1) is 0 Å². The number of carbonyl (C=O) groups excluding carboxylic acids is 2. The lowest BCUT2D eigenvalue weighted by Gasteiger charge is -2.11. The fourth-order valence-electron chi connectivity index (χ4n) is 2.72. The molecular weight excluding hydrogens is 410 g/mol. The number of carbonyl (C=O) groups is 2. The molecule has 0 amide bonds. The van der Waals surface area contributed by atoms with Gasteiger partial charge in [0.2, 0.25) is 5.90 Å². The Bertz CT molecular complexity index is 1030. The second-order valence-corrected chi connectivity index (χ2v) is 6.73. The summed E-state index contributed by atoms with van der Waals surface area (Å²) in [5.41, 5.74) is 1.29. The highest BCUT2D eigenvalue weighted by Gasteiger charge is 2.25. The number of hydrogen-bond acceptors (Lipinski definition) is 7. The van der Waals surface area contributed by atoms with Gasteiger partial charge in [-0.15, -0.1) is 0 Å². The molecule has 0 aromatic heterocycles. The minimum Gasteiger partial charge on any atom is -0.497 e. The molecule has 2 aromatic rings. The number of rotatable bonds is 7. The predicted molar refractivity (Wildman–Crippen MR) is 112 cm³/mol. The molecule has 2 aromatic carbocycles. The summed E-state index contributed by atoms with van der Waals surface area (Å²) in [6.07, 6.45) is 2.43. The summed E-state index contributed by atoms with van der Waals surface area (Å²) in [5.74, 6) is 0.282. The van der Waals surface area contributed by atoms with E-state index in [0.29, 0.717) is 23.3 Å². The normalized spacial score (nSPS) is 14.3. The largest absolute Gasteiger partial charge is 0.497 e. The first-order valence-corrected chi connectivity index (χ1v) is 9.58. The first-order chi connectivity index (χ1) is 14.4. The van der Waals surface area contributed by atoms with E-state index >= 15 is 0 Å². The summed E-state index contributed by atoms with van der Waals surface area (Å²) < 4.78 is 21.0. The van der Waals surface area contributed by atoms with Crippen LogP contribution in [-0.4, -0.2) is 32.1 Å². The van der Waals surface area contributed by atoms with Crippen molar-refractivity contribution < 1.29 is 28.5 Å². The zero-order chi connectivity index (χ0) is 21.7. The van der Waals surface area contributed by atoms with Crippen molar-refractivity contribution in [3.8, 4) is 17.2 Å². The molecule has 0 aliphatic carbocycles. The third-order valence-corrected chi connectivity index (χ3v) is 4.46. The molecule has 1 aliphatic heterocycles. The highest BCUT2D eigenvalue weighted by atomic mass is 35.5. The van der Waals surface area contributed by atoms with Gasteiger partial charge < -0.3 is 18.9 Å². The second-order valence-electron chi connectivity index (χ2n) is 6.32. The Hall–Kier alpha value is -3.32. The standard InChI is InChI=1S/C22H20ClNO6/c1-4-5-19(25)29-20-16(23)10-13(12-18(20)28-3)11-17-22(26)30-21(24-17)14-6-8-15(27-2)9-7-14/h6-12H,4-5H2,1-3H3/b17-11+. The van der Waals surface area contributed by atoms with Gasteiger partial charge in [0.05, 0.1) is 19.2 Å². The van der Waals surface area contributed by atoms with Crippen molar-refractivity contribution in [1.29, 1.82) is 0 Å². The molecule has 0 atom stereocenters. The molecule has 0 fully saturated rings. The van der Waals surface area contributed by atoms with Gasteiger partial charge in [-0.1, -0.05) is 18.5 Å². The number of aliphatic imine (C=N–C) groups is 1. The molecule has 0 saturated carbocycles. The molecule has 8 heteroatoms. The Kier molecular flexibility index (Phi) is 6.74. The average Bonchev–Trinajstić information content (AvgIpc) is 3.10. The third kappa shape index (κ3) is 4.80. The van der Waals surface area contributed by atoms with E-state index in [2.05, 4.69) is 4.99 Å². The van der Waals surface area contributed by atoms with Crippen LogP contribution in [0.1, 0.15) is 30.9 Å². The summed E-state index contributed by atoms with van der Waals surface area (Å²) in [7, 11) is 3.00. The van der Waals surface area contributed by atoms with E-state index in [1.165, 1.54) is 13.2 Å². The molecule has 0 bridgehead atoms.